The number of halogens is 1. The number of benzene rings is 1. The summed E-state index contributed by atoms with van der Waals surface area (Å²) in [5.41, 5.74) is 0.981. The number of hydrogen-bond acceptors (Lipinski definition) is 3. The van der Waals surface area contributed by atoms with E-state index in [1.807, 2.05) is 24.3 Å². The van der Waals surface area contributed by atoms with Crippen molar-refractivity contribution in [3.05, 3.63) is 29.8 Å². The molecule has 110 valence electrons. The molecule has 5 heteroatoms. The van der Waals surface area contributed by atoms with Gasteiger partial charge in [-0.15, -0.1) is 11.6 Å². The summed E-state index contributed by atoms with van der Waals surface area (Å²) in [5.74, 6) is 1.29. The van der Waals surface area contributed by atoms with Crippen LogP contribution in [0.5, 0.6) is 5.75 Å². The Hall–Kier alpha value is -1.26. The van der Waals surface area contributed by atoms with E-state index in [9.17, 15) is 4.79 Å². The first-order valence-corrected chi connectivity index (χ1v) is 7.49. The second-order valence-corrected chi connectivity index (χ2v) is 5.05. The lowest BCUT2D eigenvalue weighted by atomic mass is 9.92. The number of nitrogens with one attached hydrogen (secondary N) is 1. The van der Waals surface area contributed by atoms with Gasteiger partial charge in [0.15, 0.2) is 0 Å². The number of carbonyl (C=O) groups is 1. The van der Waals surface area contributed by atoms with E-state index < -0.39 is 0 Å². The summed E-state index contributed by atoms with van der Waals surface area (Å²) in [4.78, 5) is 12.2. The van der Waals surface area contributed by atoms with Crippen molar-refractivity contribution in [2.45, 2.75) is 18.8 Å². The molecule has 20 heavy (non-hydrogen) atoms. The first kappa shape index (κ1) is 15.1. The fourth-order valence-electron chi connectivity index (χ4n) is 2.28. The van der Waals surface area contributed by atoms with E-state index in [0.29, 0.717) is 32.2 Å². The van der Waals surface area contributed by atoms with E-state index in [2.05, 4.69) is 5.32 Å². The summed E-state index contributed by atoms with van der Waals surface area (Å²) >= 11 is 5.51. The van der Waals surface area contributed by atoms with E-state index in [4.69, 9.17) is 21.1 Å². The van der Waals surface area contributed by atoms with Crippen molar-refractivity contribution >= 4 is 17.5 Å². The van der Waals surface area contributed by atoms with Crippen LogP contribution in [0.4, 0.5) is 0 Å². The Bertz CT molecular complexity index is 439. The first-order valence-electron chi connectivity index (χ1n) is 6.96. The molecular formula is C15H20ClNO3. The minimum absolute atomic E-state index is 0.0677. The SMILES string of the molecule is O=C(NCCCOCCCl)C1CCOc2ccccc21. The molecule has 1 amide bonds. The van der Waals surface area contributed by atoms with Crippen molar-refractivity contribution in [2.24, 2.45) is 0 Å². The van der Waals surface area contributed by atoms with Crippen LogP contribution < -0.4 is 10.1 Å². The molecule has 0 spiro atoms. The van der Waals surface area contributed by atoms with Gasteiger partial charge in [0.25, 0.3) is 0 Å². The molecule has 1 aliphatic heterocycles. The van der Waals surface area contributed by atoms with Gasteiger partial charge in [0.05, 0.1) is 19.1 Å². The Morgan fingerprint density at radius 3 is 3.10 bits per heavy atom. The Morgan fingerprint density at radius 1 is 1.40 bits per heavy atom. The molecule has 1 aliphatic rings. The number of alkyl halides is 1. The molecule has 0 fully saturated rings. The number of carbonyl (C=O) groups excluding carboxylic acids is 1. The molecule has 0 bridgehead atoms. The van der Waals surface area contributed by atoms with Crippen LogP contribution >= 0.6 is 11.6 Å². The minimum atomic E-state index is -0.108. The van der Waals surface area contributed by atoms with Gasteiger partial charge in [-0.2, -0.15) is 0 Å². The monoisotopic (exact) mass is 297 g/mol. The third-order valence-corrected chi connectivity index (χ3v) is 3.42. The van der Waals surface area contributed by atoms with Crippen molar-refractivity contribution < 1.29 is 14.3 Å². The number of fused-ring (bicyclic) bond motifs is 1. The standard InChI is InChI=1S/C15H20ClNO3/c16-7-11-19-9-3-8-17-15(18)13-6-10-20-14-5-2-1-4-12(13)14/h1-2,4-5,13H,3,6-11H2,(H,17,18). The molecule has 1 atom stereocenters. The summed E-state index contributed by atoms with van der Waals surface area (Å²) in [6.07, 6.45) is 1.53. The summed E-state index contributed by atoms with van der Waals surface area (Å²) in [6.45, 7) is 2.40. The average Bonchev–Trinajstić information content (AvgIpc) is 2.50. The molecule has 1 heterocycles. The Labute approximate surface area is 124 Å². The van der Waals surface area contributed by atoms with Crippen LogP contribution in [0.2, 0.25) is 0 Å². The number of para-hydroxylation sites is 1. The molecule has 4 nitrogen and oxygen atoms in total. The van der Waals surface area contributed by atoms with Gasteiger partial charge in [0, 0.05) is 24.6 Å². The van der Waals surface area contributed by atoms with Crippen molar-refractivity contribution in [3.63, 3.8) is 0 Å². The zero-order valence-corrected chi connectivity index (χ0v) is 12.2. The van der Waals surface area contributed by atoms with Crippen LogP contribution in [-0.2, 0) is 9.53 Å². The van der Waals surface area contributed by atoms with Gasteiger partial charge in [-0.3, -0.25) is 4.79 Å². The van der Waals surface area contributed by atoms with Gasteiger partial charge in [-0.05, 0) is 18.9 Å². The summed E-state index contributed by atoms with van der Waals surface area (Å²) in [7, 11) is 0. The highest BCUT2D eigenvalue weighted by molar-refractivity contribution is 6.17. The van der Waals surface area contributed by atoms with Crippen molar-refractivity contribution in [3.8, 4) is 5.75 Å². The van der Waals surface area contributed by atoms with Gasteiger partial charge in [-0.25, -0.2) is 0 Å². The largest absolute Gasteiger partial charge is 0.493 e. The van der Waals surface area contributed by atoms with E-state index in [0.717, 1.165) is 24.2 Å². The van der Waals surface area contributed by atoms with Crippen LogP contribution in [0.3, 0.4) is 0 Å². The molecular weight excluding hydrogens is 278 g/mol. The van der Waals surface area contributed by atoms with E-state index in [-0.39, 0.29) is 11.8 Å². The normalized spacial score (nSPS) is 17.1. The maximum Gasteiger partial charge on any atom is 0.227 e. The highest BCUT2D eigenvalue weighted by Crippen LogP contribution is 2.33. The number of hydrogen-bond donors (Lipinski definition) is 1. The van der Waals surface area contributed by atoms with Crippen LogP contribution in [-0.4, -0.2) is 38.2 Å². The van der Waals surface area contributed by atoms with Gasteiger partial charge in [0.1, 0.15) is 5.75 Å². The maximum atomic E-state index is 12.2. The zero-order valence-electron chi connectivity index (χ0n) is 11.4. The van der Waals surface area contributed by atoms with Crippen LogP contribution in [0.25, 0.3) is 0 Å². The second-order valence-electron chi connectivity index (χ2n) is 4.67. The van der Waals surface area contributed by atoms with E-state index in [1.165, 1.54) is 0 Å². The third-order valence-electron chi connectivity index (χ3n) is 3.26. The van der Waals surface area contributed by atoms with E-state index in [1.54, 1.807) is 0 Å². The first-order chi connectivity index (χ1) is 9.83. The fraction of sp³-hybridized carbons (Fsp3) is 0.533. The number of amides is 1. The van der Waals surface area contributed by atoms with Crippen molar-refractivity contribution in [1.29, 1.82) is 0 Å². The average molecular weight is 298 g/mol. The predicted molar refractivity (Wildman–Crippen MR) is 78.5 cm³/mol. The van der Waals surface area contributed by atoms with Crippen LogP contribution in [0.15, 0.2) is 24.3 Å². The van der Waals surface area contributed by atoms with Gasteiger partial charge >= 0.3 is 0 Å². The highest BCUT2D eigenvalue weighted by Gasteiger charge is 2.26. The lowest BCUT2D eigenvalue weighted by Crippen LogP contribution is -2.33. The van der Waals surface area contributed by atoms with Crippen LogP contribution in [0.1, 0.15) is 24.3 Å². The second kappa shape index (κ2) is 8.12. The lowest BCUT2D eigenvalue weighted by Gasteiger charge is -2.25. The topological polar surface area (TPSA) is 47.6 Å². The number of ether oxygens (including phenoxy) is 2. The molecule has 2 rings (SSSR count). The minimum Gasteiger partial charge on any atom is -0.493 e. The quantitative estimate of drug-likeness (QED) is 0.620. The van der Waals surface area contributed by atoms with Crippen molar-refractivity contribution in [1.82, 2.24) is 5.32 Å². The van der Waals surface area contributed by atoms with Crippen LogP contribution in [0, 0.1) is 0 Å². The number of rotatable bonds is 7. The molecule has 0 aliphatic carbocycles. The molecule has 0 radical (unpaired) electrons. The van der Waals surface area contributed by atoms with E-state index >= 15 is 0 Å². The summed E-state index contributed by atoms with van der Waals surface area (Å²) < 4.78 is 10.8. The Balaban J connectivity index is 1.79. The van der Waals surface area contributed by atoms with Gasteiger partial charge in [-0.1, -0.05) is 18.2 Å². The highest BCUT2D eigenvalue weighted by atomic mass is 35.5. The van der Waals surface area contributed by atoms with Crippen molar-refractivity contribution in [2.75, 3.05) is 32.2 Å². The Morgan fingerprint density at radius 2 is 2.25 bits per heavy atom. The Kier molecular flexibility index (Phi) is 6.15. The summed E-state index contributed by atoms with van der Waals surface area (Å²) in [5, 5.41) is 2.96. The van der Waals surface area contributed by atoms with Gasteiger partial charge < -0.3 is 14.8 Å². The molecule has 1 aromatic rings. The predicted octanol–water partition coefficient (Wildman–Crippen LogP) is 2.31. The molecule has 1 N–H and O–H groups in total. The molecule has 0 aromatic heterocycles. The molecule has 0 saturated heterocycles. The molecule has 0 saturated carbocycles. The fourth-order valence-corrected chi connectivity index (χ4v) is 2.39. The van der Waals surface area contributed by atoms with Gasteiger partial charge in [0.2, 0.25) is 5.91 Å². The molecule has 1 unspecified atom stereocenters. The molecule has 1 aromatic carbocycles. The smallest absolute Gasteiger partial charge is 0.227 e. The third kappa shape index (κ3) is 4.12. The lowest BCUT2D eigenvalue weighted by molar-refractivity contribution is -0.123. The maximum absolute atomic E-state index is 12.2. The summed E-state index contributed by atoms with van der Waals surface area (Å²) in [6, 6.07) is 7.73. The zero-order chi connectivity index (χ0) is 14.2.